The number of nitrogens with two attached hydrogens (primary N) is 1. The third-order valence-corrected chi connectivity index (χ3v) is 4.94. The zero-order chi connectivity index (χ0) is 14.9. The van der Waals surface area contributed by atoms with E-state index in [0.717, 1.165) is 21.3 Å². The molecule has 0 bridgehead atoms. The van der Waals surface area contributed by atoms with Gasteiger partial charge in [-0.05, 0) is 29.7 Å². The Morgan fingerprint density at radius 3 is 2.67 bits per heavy atom. The topological polar surface area (TPSA) is 55.5 Å². The summed E-state index contributed by atoms with van der Waals surface area (Å²) in [5.74, 6) is 0.890. The van der Waals surface area contributed by atoms with Crippen LogP contribution in [0.25, 0.3) is 0 Å². The van der Waals surface area contributed by atoms with Crippen LogP contribution in [0.15, 0.2) is 53.0 Å². The van der Waals surface area contributed by atoms with Gasteiger partial charge in [0.05, 0.1) is 18.1 Å². The molecule has 3 nitrogen and oxygen atoms in total. The number of halogens is 1. The molecule has 0 amide bonds. The first-order valence-corrected chi connectivity index (χ1v) is 7.79. The molecular formula is C17H18BrNO2. The van der Waals surface area contributed by atoms with Gasteiger partial charge in [-0.2, -0.15) is 0 Å². The molecule has 2 aromatic rings. The molecule has 0 fully saturated rings. The van der Waals surface area contributed by atoms with Gasteiger partial charge in [-0.15, -0.1) is 0 Å². The highest BCUT2D eigenvalue weighted by atomic mass is 79.9. The fourth-order valence-electron chi connectivity index (χ4n) is 2.89. The highest BCUT2D eigenvalue weighted by molar-refractivity contribution is 9.10. The van der Waals surface area contributed by atoms with Crippen LogP contribution in [-0.2, 0) is 6.42 Å². The van der Waals surface area contributed by atoms with Crippen LogP contribution in [-0.4, -0.2) is 18.3 Å². The van der Waals surface area contributed by atoms with Crippen LogP contribution in [0.3, 0.4) is 0 Å². The molecular weight excluding hydrogens is 330 g/mol. The predicted octanol–water partition coefficient (Wildman–Crippen LogP) is 3.06. The third kappa shape index (κ3) is 2.59. The molecule has 0 aromatic heterocycles. The molecule has 4 heteroatoms. The van der Waals surface area contributed by atoms with Gasteiger partial charge in [0.2, 0.25) is 0 Å². The summed E-state index contributed by atoms with van der Waals surface area (Å²) in [6.07, 6.45) is 0.0359. The number of hydrogen-bond donors (Lipinski definition) is 2. The van der Waals surface area contributed by atoms with Crippen LogP contribution in [0.4, 0.5) is 0 Å². The average Bonchev–Trinajstić information content (AvgIpc) is 2.54. The Hall–Kier alpha value is -1.36. The lowest BCUT2D eigenvalue weighted by Gasteiger charge is -2.41. The van der Waals surface area contributed by atoms with Gasteiger partial charge in [0.15, 0.2) is 0 Å². The van der Waals surface area contributed by atoms with Crippen molar-refractivity contribution >= 4 is 15.9 Å². The lowest BCUT2D eigenvalue weighted by atomic mass is 9.73. The van der Waals surface area contributed by atoms with Crippen molar-refractivity contribution in [3.8, 4) is 5.75 Å². The minimum absolute atomic E-state index is 0.365. The summed E-state index contributed by atoms with van der Waals surface area (Å²) in [5.41, 5.74) is 7.48. The number of aliphatic hydroxyl groups excluding tert-OH is 1. The van der Waals surface area contributed by atoms with E-state index in [1.54, 1.807) is 0 Å². The number of benzene rings is 2. The Balaban J connectivity index is 1.97. The van der Waals surface area contributed by atoms with Crippen molar-refractivity contribution in [3.05, 3.63) is 64.1 Å². The molecule has 0 saturated carbocycles. The van der Waals surface area contributed by atoms with Crippen molar-refractivity contribution < 1.29 is 9.84 Å². The first-order valence-electron chi connectivity index (χ1n) is 6.99. The summed E-state index contributed by atoms with van der Waals surface area (Å²) in [6, 6.07) is 15.6. The van der Waals surface area contributed by atoms with Crippen LogP contribution < -0.4 is 10.5 Å². The molecule has 21 heavy (non-hydrogen) atoms. The van der Waals surface area contributed by atoms with Crippen LogP contribution >= 0.6 is 15.9 Å². The summed E-state index contributed by atoms with van der Waals surface area (Å²) in [7, 11) is 0. The molecule has 0 saturated heterocycles. The monoisotopic (exact) mass is 347 g/mol. The summed E-state index contributed by atoms with van der Waals surface area (Å²) in [5, 5.41) is 10.9. The normalized spacial score (nSPS) is 22.2. The molecule has 0 spiro atoms. The van der Waals surface area contributed by atoms with E-state index < -0.39 is 11.5 Å². The summed E-state index contributed by atoms with van der Waals surface area (Å²) in [4.78, 5) is 0. The van der Waals surface area contributed by atoms with Gasteiger partial charge in [0.25, 0.3) is 0 Å². The second-order valence-electron chi connectivity index (χ2n) is 5.56. The van der Waals surface area contributed by atoms with E-state index in [-0.39, 0.29) is 0 Å². The van der Waals surface area contributed by atoms with Crippen molar-refractivity contribution in [1.82, 2.24) is 0 Å². The minimum Gasteiger partial charge on any atom is -0.493 e. The van der Waals surface area contributed by atoms with E-state index in [2.05, 4.69) is 15.9 Å². The van der Waals surface area contributed by atoms with Crippen LogP contribution in [0.2, 0.25) is 0 Å². The molecule has 0 radical (unpaired) electrons. The number of fused-ring (bicyclic) bond motifs is 1. The SMILES string of the molecule is NCC1(C(O)c2ccccc2Br)COc2ccccc2C1. The first-order chi connectivity index (χ1) is 10.2. The molecule has 2 aromatic carbocycles. The summed E-state index contributed by atoms with van der Waals surface area (Å²) >= 11 is 3.51. The number of hydrogen-bond acceptors (Lipinski definition) is 3. The van der Waals surface area contributed by atoms with Gasteiger partial charge in [-0.25, -0.2) is 0 Å². The highest BCUT2D eigenvalue weighted by Crippen LogP contribution is 2.43. The second-order valence-corrected chi connectivity index (χ2v) is 6.42. The number of para-hydroxylation sites is 1. The first kappa shape index (κ1) is 14.6. The fraction of sp³-hybridized carbons (Fsp3) is 0.294. The second kappa shape index (κ2) is 5.79. The predicted molar refractivity (Wildman–Crippen MR) is 86.2 cm³/mol. The van der Waals surface area contributed by atoms with Gasteiger partial charge >= 0.3 is 0 Å². The molecule has 1 heterocycles. The van der Waals surface area contributed by atoms with E-state index in [9.17, 15) is 5.11 Å². The van der Waals surface area contributed by atoms with E-state index in [0.29, 0.717) is 19.6 Å². The molecule has 110 valence electrons. The Bertz CT molecular complexity index is 646. The zero-order valence-corrected chi connectivity index (χ0v) is 13.2. The van der Waals surface area contributed by atoms with Crippen LogP contribution in [0, 0.1) is 5.41 Å². The molecule has 2 unspecified atom stereocenters. The lowest BCUT2D eigenvalue weighted by molar-refractivity contribution is -0.0165. The van der Waals surface area contributed by atoms with Gasteiger partial charge in [0.1, 0.15) is 5.75 Å². The van der Waals surface area contributed by atoms with E-state index in [1.165, 1.54) is 0 Å². The maximum atomic E-state index is 10.9. The number of aliphatic hydroxyl groups is 1. The van der Waals surface area contributed by atoms with Crippen molar-refractivity contribution in [2.24, 2.45) is 11.1 Å². The molecule has 0 aliphatic carbocycles. The maximum absolute atomic E-state index is 10.9. The van der Waals surface area contributed by atoms with Crippen LogP contribution in [0.5, 0.6) is 5.75 Å². The Kier molecular flexibility index (Phi) is 4.02. The quantitative estimate of drug-likeness (QED) is 0.896. The van der Waals surface area contributed by atoms with E-state index >= 15 is 0 Å². The lowest BCUT2D eigenvalue weighted by Crippen LogP contribution is -2.46. The van der Waals surface area contributed by atoms with E-state index in [4.69, 9.17) is 10.5 Å². The summed E-state index contributed by atoms with van der Waals surface area (Å²) < 4.78 is 6.75. The largest absolute Gasteiger partial charge is 0.493 e. The van der Waals surface area contributed by atoms with Gasteiger partial charge in [-0.1, -0.05) is 52.3 Å². The maximum Gasteiger partial charge on any atom is 0.122 e. The standard InChI is InChI=1S/C17H18BrNO2/c18-14-7-3-2-6-13(14)16(20)17(10-19)9-12-5-1-4-8-15(12)21-11-17/h1-8,16,20H,9-11,19H2. The number of ether oxygens (including phenoxy) is 1. The Morgan fingerprint density at radius 2 is 1.90 bits per heavy atom. The van der Waals surface area contributed by atoms with Crippen molar-refractivity contribution in [2.45, 2.75) is 12.5 Å². The van der Waals surface area contributed by atoms with Crippen molar-refractivity contribution in [1.29, 1.82) is 0 Å². The zero-order valence-electron chi connectivity index (χ0n) is 11.6. The minimum atomic E-state index is -0.675. The molecule has 3 rings (SSSR count). The molecule has 1 aliphatic rings. The Labute approximate surface area is 132 Å². The third-order valence-electron chi connectivity index (χ3n) is 4.22. The highest BCUT2D eigenvalue weighted by Gasteiger charge is 2.42. The average molecular weight is 348 g/mol. The molecule has 3 N–H and O–H groups in total. The van der Waals surface area contributed by atoms with Gasteiger partial charge < -0.3 is 15.6 Å². The fourth-order valence-corrected chi connectivity index (χ4v) is 3.39. The molecule has 2 atom stereocenters. The van der Waals surface area contributed by atoms with Gasteiger partial charge in [-0.3, -0.25) is 0 Å². The van der Waals surface area contributed by atoms with Gasteiger partial charge in [0, 0.05) is 11.0 Å². The van der Waals surface area contributed by atoms with E-state index in [1.807, 2.05) is 48.5 Å². The smallest absolute Gasteiger partial charge is 0.122 e. The summed E-state index contributed by atoms with van der Waals surface area (Å²) in [6.45, 7) is 0.785. The number of rotatable bonds is 3. The van der Waals surface area contributed by atoms with Crippen molar-refractivity contribution in [3.63, 3.8) is 0 Å². The Morgan fingerprint density at radius 1 is 1.19 bits per heavy atom. The van der Waals surface area contributed by atoms with Crippen LogP contribution in [0.1, 0.15) is 17.2 Å². The van der Waals surface area contributed by atoms with Crippen molar-refractivity contribution in [2.75, 3.05) is 13.2 Å². The molecule has 1 aliphatic heterocycles.